The van der Waals surface area contributed by atoms with E-state index in [9.17, 15) is 0 Å². The van der Waals surface area contributed by atoms with Crippen molar-refractivity contribution in [2.45, 2.75) is 7.43 Å². The summed E-state index contributed by atoms with van der Waals surface area (Å²) in [5, 5.41) is 9.63. The van der Waals surface area contributed by atoms with Crippen molar-refractivity contribution in [1.29, 1.82) is 0 Å². The van der Waals surface area contributed by atoms with Crippen LogP contribution in [0.5, 0.6) is 0 Å². The quantitative estimate of drug-likeness (QED) is 0.107. The number of furan rings is 1. The zero-order valence-electron chi connectivity index (χ0n) is 67.0. The normalized spacial score (nSPS) is 11.5. The maximum atomic E-state index is 6.56. The predicted molar refractivity (Wildman–Crippen MR) is 520 cm³/mol. The van der Waals surface area contributed by atoms with E-state index in [4.69, 9.17) is 34.3 Å². The molecule has 10 heteroatoms. The first-order valence-corrected chi connectivity index (χ1v) is 42.5. The molecule has 0 saturated heterocycles. The van der Waals surface area contributed by atoms with Gasteiger partial charge >= 0.3 is 0 Å². The highest BCUT2D eigenvalue weighted by molar-refractivity contribution is 7.26. The number of para-hydroxylation sites is 4. The molecule has 0 aliphatic rings. The van der Waals surface area contributed by atoms with Crippen LogP contribution >= 0.6 is 11.3 Å². The van der Waals surface area contributed by atoms with Gasteiger partial charge in [-0.25, -0.2) is 29.9 Å². The minimum absolute atomic E-state index is 0. The van der Waals surface area contributed by atoms with Crippen LogP contribution in [0.1, 0.15) is 7.43 Å². The van der Waals surface area contributed by atoms with Crippen LogP contribution in [0.3, 0.4) is 0 Å². The maximum absolute atomic E-state index is 6.56. The molecule has 18 aromatic carbocycles. The highest BCUT2D eigenvalue weighted by atomic mass is 32.1. The molecule has 0 bridgehead atoms. The Morgan fingerprint density at radius 3 is 1.21 bits per heavy atom. The van der Waals surface area contributed by atoms with Gasteiger partial charge in [0.2, 0.25) is 0 Å². The fourth-order valence-electron chi connectivity index (χ4n) is 17.8. The Bertz CT molecular complexity index is 8150. The highest BCUT2D eigenvalue weighted by Crippen LogP contribution is 2.47. The van der Waals surface area contributed by atoms with Gasteiger partial charge in [-0.2, -0.15) is 0 Å². The Balaban J connectivity index is 0.000000150. The van der Waals surface area contributed by atoms with Crippen molar-refractivity contribution in [2.75, 3.05) is 0 Å². The predicted octanol–water partition coefficient (Wildman–Crippen LogP) is 30.8. The van der Waals surface area contributed by atoms with Crippen LogP contribution in [0.4, 0.5) is 0 Å². The molecule has 0 N–H and O–H groups in total. The summed E-state index contributed by atoms with van der Waals surface area (Å²) in [6.07, 6.45) is 0. The van der Waals surface area contributed by atoms with Crippen LogP contribution < -0.4 is 0 Å². The lowest BCUT2D eigenvalue weighted by atomic mass is 9.98. The number of benzene rings is 18. The first-order valence-electron chi connectivity index (χ1n) is 41.7. The Morgan fingerprint density at radius 2 is 0.592 bits per heavy atom. The third-order valence-electron chi connectivity index (χ3n) is 23.8. The molecule has 0 radical (unpaired) electrons. The van der Waals surface area contributed by atoms with Crippen LogP contribution in [-0.4, -0.2) is 39.0 Å². The van der Waals surface area contributed by atoms with E-state index in [1.165, 1.54) is 52.8 Å². The minimum atomic E-state index is 0. The second kappa shape index (κ2) is 32.0. The molecule has 0 saturated carbocycles. The monoisotopic (exact) mass is 1620 g/mol. The Morgan fingerprint density at radius 1 is 0.200 bits per heavy atom. The van der Waals surface area contributed by atoms with Crippen LogP contribution in [0.15, 0.2) is 441 Å². The summed E-state index contributed by atoms with van der Waals surface area (Å²) >= 11 is 1.87. The van der Waals surface area contributed by atoms with Crippen molar-refractivity contribution in [1.82, 2.24) is 39.0 Å². The largest absolute Gasteiger partial charge is 0.455 e. The number of nitrogens with zero attached hydrogens (tertiary/aromatic N) is 8. The van der Waals surface area contributed by atoms with E-state index < -0.39 is 0 Å². The lowest BCUT2D eigenvalue weighted by Crippen LogP contribution is -2.02. The van der Waals surface area contributed by atoms with E-state index in [0.717, 1.165) is 144 Å². The molecule has 6 aromatic heterocycles. The summed E-state index contributed by atoms with van der Waals surface area (Å²) in [5.41, 5.74) is 27.3. The number of thiophene rings is 1. The lowest BCUT2D eigenvalue weighted by molar-refractivity contribution is 0.670. The molecule has 0 aliphatic carbocycles. The maximum Gasteiger partial charge on any atom is 0.164 e. The molecule has 24 rings (SSSR count). The third-order valence-corrected chi connectivity index (χ3v) is 25.0. The molecular weight excluding hydrogens is 1540 g/mol. The molecule has 0 atom stereocenters. The van der Waals surface area contributed by atoms with Gasteiger partial charge in [0.25, 0.3) is 0 Å². The third kappa shape index (κ3) is 13.7. The zero-order valence-corrected chi connectivity index (χ0v) is 67.8. The van der Waals surface area contributed by atoms with Gasteiger partial charge in [-0.15, -0.1) is 11.3 Å². The van der Waals surface area contributed by atoms with Crippen molar-refractivity contribution in [3.63, 3.8) is 0 Å². The van der Waals surface area contributed by atoms with Gasteiger partial charge in [-0.1, -0.05) is 365 Å². The molecule has 588 valence electrons. The average molecular weight is 1620 g/mol. The fraction of sp³-hybridized carbons (Fsp3) is 0.00870. The zero-order chi connectivity index (χ0) is 82.0. The van der Waals surface area contributed by atoms with Gasteiger partial charge in [0.05, 0.1) is 27.8 Å². The van der Waals surface area contributed by atoms with Crippen molar-refractivity contribution >= 4 is 97.1 Å². The Labute approximate surface area is 726 Å². The molecule has 0 spiro atoms. The Kier molecular flexibility index (Phi) is 19.1. The molecule has 24 aromatic rings. The number of aromatic nitrogens is 8. The minimum Gasteiger partial charge on any atom is -0.455 e. The van der Waals surface area contributed by atoms with Crippen LogP contribution in [0.2, 0.25) is 0 Å². The lowest BCUT2D eigenvalue weighted by Gasteiger charge is -2.16. The standard InChI is InChI=1S/C63H40N4O.C51H32N4S.CH4/c1-4-16-41(17-5-1)43-30-32-45(33-31-43)61-64-62(48-23-14-22-46(38-48)42-18-6-2-7-19-42)66-63(65-61)49-35-37-57(55(39-49)44-20-8-3-9-21-44)67-56-28-12-10-24-51(56)52-36-34-47(40-58(52)67)50-26-15-27-54-53-25-11-13-29-59(53)68-60(50)54;1-4-15-33(16-5-1)44-32-37(28-30-43(44)51-53-49(34-17-6-2-7-18-34)52-50(54-51)35-19-8-3-9-20-35)55-45-25-12-10-21-39(45)40-29-27-36(31-46(40)55)38-23-14-24-42-41-22-11-13-26-47(41)56-48(38)42;/h1-40H;1-32H;1H4. The van der Waals surface area contributed by atoms with Crippen LogP contribution in [0, 0.1) is 0 Å². The summed E-state index contributed by atoms with van der Waals surface area (Å²) in [7, 11) is 0. The summed E-state index contributed by atoms with van der Waals surface area (Å²) in [5.74, 6) is 3.71. The van der Waals surface area contributed by atoms with Gasteiger partial charge in [-0.3, -0.25) is 0 Å². The molecule has 0 aliphatic heterocycles. The average Bonchev–Trinajstić information content (AvgIpc) is 1.58. The molecular formula is C115H76N8OS. The topological polar surface area (TPSA) is 100 Å². The second-order valence-electron chi connectivity index (χ2n) is 31.2. The summed E-state index contributed by atoms with van der Waals surface area (Å²) in [4.78, 5) is 30.9. The van der Waals surface area contributed by atoms with Gasteiger partial charge in [-0.05, 0) is 134 Å². The Hall–Kier alpha value is -16.4. The molecule has 125 heavy (non-hydrogen) atoms. The van der Waals surface area contributed by atoms with Gasteiger partial charge < -0.3 is 13.6 Å². The van der Waals surface area contributed by atoms with E-state index in [2.05, 4.69) is 361 Å². The van der Waals surface area contributed by atoms with E-state index in [1.54, 1.807) is 0 Å². The molecule has 6 heterocycles. The smallest absolute Gasteiger partial charge is 0.164 e. The fourth-order valence-corrected chi connectivity index (χ4v) is 19.0. The number of rotatable bonds is 14. The van der Waals surface area contributed by atoms with Crippen LogP contribution in [0.25, 0.3) is 232 Å². The molecule has 0 amide bonds. The van der Waals surface area contributed by atoms with Gasteiger partial charge in [0.15, 0.2) is 34.9 Å². The number of hydrogen-bond acceptors (Lipinski definition) is 8. The number of hydrogen-bond donors (Lipinski definition) is 0. The van der Waals surface area contributed by atoms with Gasteiger partial charge in [0.1, 0.15) is 11.2 Å². The molecule has 9 nitrogen and oxygen atoms in total. The van der Waals surface area contributed by atoms with E-state index in [1.807, 2.05) is 96.3 Å². The molecule has 0 unspecified atom stereocenters. The molecule has 0 fully saturated rings. The highest BCUT2D eigenvalue weighted by Gasteiger charge is 2.25. The first-order chi connectivity index (χ1) is 61.5. The van der Waals surface area contributed by atoms with Crippen molar-refractivity contribution < 1.29 is 4.42 Å². The summed E-state index contributed by atoms with van der Waals surface area (Å²) in [6, 6.07) is 154. The first kappa shape index (κ1) is 74.9. The van der Waals surface area contributed by atoms with E-state index in [-0.39, 0.29) is 7.43 Å². The SMILES string of the molecule is C.c1ccc(-c2ccc(-c3nc(-c4cccc(-c5ccccc5)c4)nc(-c4ccc(-n5c6ccccc6c6ccc(-c7cccc8c7oc7ccccc78)cc65)c(-c5ccccc5)c4)n3)cc2)cc1.c1ccc(-c2nc(-c3ccccc3)nc(-c3ccc(-n4c5ccccc5c5ccc(-c6cccc7c6sc6ccccc67)cc54)cc3-c3ccccc3)n2)cc1. The van der Waals surface area contributed by atoms with Crippen molar-refractivity contribution in [3.8, 4) is 146 Å². The van der Waals surface area contributed by atoms with E-state index >= 15 is 0 Å². The van der Waals surface area contributed by atoms with Crippen molar-refractivity contribution in [3.05, 3.63) is 437 Å². The van der Waals surface area contributed by atoms with Gasteiger partial charge in [0, 0.05) is 103 Å². The van der Waals surface area contributed by atoms with E-state index in [0.29, 0.717) is 34.9 Å². The second-order valence-corrected chi connectivity index (χ2v) is 32.2. The number of fused-ring (bicyclic) bond motifs is 12. The summed E-state index contributed by atoms with van der Waals surface area (Å²) < 4.78 is 14.0. The summed E-state index contributed by atoms with van der Waals surface area (Å²) in [6.45, 7) is 0. The van der Waals surface area contributed by atoms with Crippen LogP contribution in [-0.2, 0) is 0 Å². The van der Waals surface area contributed by atoms with Crippen molar-refractivity contribution in [2.24, 2.45) is 0 Å².